The van der Waals surface area contributed by atoms with Gasteiger partial charge in [-0.15, -0.1) is 10.2 Å². The van der Waals surface area contributed by atoms with Crippen LogP contribution in [-0.4, -0.2) is 29.5 Å². The largest absolute Gasteiger partial charge is 0.417 e. The standard InChI is InChI=1S/C20H14ClF3N6OS/c1-11-4-3-5-12(8-11)17-27-28-19(29(17)2)32-14-10-26-30(18(31)16(14)21)15-7-6-13(9-25-15)20(22,23)24/h3-10H,1-2H3. The summed E-state index contributed by atoms with van der Waals surface area (Å²) < 4.78 is 40.8. The van der Waals surface area contributed by atoms with Gasteiger partial charge in [0.25, 0.3) is 5.56 Å². The third kappa shape index (κ3) is 4.26. The molecule has 164 valence electrons. The van der Waals surface area contributed by atoms with Gasteiger partial charge in [-0.2, -0.15) is 23.0 Å². The van der Waals surface area contributed by atoms with Crippen molar-refractivity contribution in [1.82, 2.24) is 29.5 Å². The number of hydrogen-bond donors (Lipinski definition) is 0. The van der Waals surface area contributed by atoms with Crippen molar-refractivity contribution in [3.8, 4) is 17.2 Å². The first-order valence-electron chi connectivity index (χ1n) is 9.11. The Balaban J connectivity index is 1.63. The summed E-state index contributed by atoms with van der Waals surface area (Å²) >= 11 is 7.34. The van der Waals surface area contributed by atoms with Crippen molar-refractivity contribution in [2.24, 2.45) is 7.05 Å². The van der Waals surface area contributed by atoms with Crippen LogP contribution in [0.15, 0.2) is 63.6 Å². The maximum absolute atomic E-state index is 12.7. The first-order valence-corrected chi connectivity index (χ1v) is 10.3. The molecule has 4 rings (SSSR count). The zero-order chi connectivity index (χ0) is 23.0. The van der Waals surface area contributed by atoms with E-state index in [1.165, 1.54) is 6.20 Å². The average Bonchev–Trinajstić information content (AvgIpc) is 3.11. The molecule has 0 aliphatic rings. The Morgan fingerprint density at radius 2 is 1.88 bits per heavy atom. The van der Waals surface area contributed by atoms with Gasteiger partial charge >= 0.3 is 6.18 Å². The molecular formula is C20H14ClF3N6OS. The normalized spacial score (nSPS) is 11.7. The monoisotopic (exact) mass is 478 g/mol. The van der Waals surface area contributed by atoms with Gasteiger partial charge in [0, 0.05) is 18.8 Å². The molecule has 0 atom stereocenters. The fourth-order valence-corrected chi connectivity index (χ4v) is 3.89. The van der Waals surface area contributed by atoms with Gasteiger partial charge in [-0.05, 0) is 36.9 Å². The summed E-state index contributed by atoms with van der Waals surface area (Å²) in [6.07, 6.45) is -2.57. The smallest absolute Gasteiger partial charge is 0.305 e. The Bertz CT molecular complexity index is 1350. The molecule has 0 fully saturated rings. The molecule has 3 heterocycles. The van der Waals surface area contributed by atoms with Gasteiger partial charge in [0.05, 0.1) is 16.7 Å². The molecule has 12 heteroatoms. The van der Waals surface area contributed by atoms with Gasteiger partial charge in [0.1, 0.15) is 5.02 Å². The molecule has 3 aromatic heterocycles. The quantitative estimate of drug-likeness (QED) is 0.428. The fourth-order valence-electron chi connectivity index (χ4n) is 2.87. The molecule has 4 aromatic rings. The van der Waals surface area contributed by atoms with Crippen LogP contribution in [0, 0.1) is 6.92 Å². The van der Waals surface area contributed by atoms with Crippen molar-refractivity contribution in [2.45, 2.75) is 23.2 Å². The van der Waals surface area contributed by atoms with Gasteiger partial charge in [-0.1, -0.05) is 35.4 Å². The van der Waals surface area contributed by atoms with Crippen LogP contribution in [0.5, 0.6) is 0 Å². The third-order valence-electron chi connectivity index (χ3n) is 4.49. The van der Waals surface area contributed by atoms with E-state index in [9.17, 15) is 18.0 Å². The molecule has 1 aromatic carbocycles. The zero-order valence-corrected chi connectivity index (χ0v) is 18.2. The molecule has 0 saturated carbocycles. The van der Waals surface area contributed by atoms with E-state index in [-0.39, 0.29) is 10.8 Å². The summed E-state index contributed by atoms with van der Waals surface area (Å²) in [6, 6.07) is 9.66. The first kappa shape index (κ1) is 22.0. The van der Waals surface area contributed by atoms with E-state index in [0.29, 0.717) is 22.1 Å². The molecular weight excluding hydrogens is 465 g/mol. The van der Waals surface area contributed by atoms with Gasteiger partial charge in [0.2, 0.25) is 0 Å². The number of hydrogen-bond acceptors (Lipinski definition) is 6. The lowest BCUT2D eigenvalue weighted by molar-refractivity contribution is -0.137. The van der Waals surface area contributed by atoms with Crippen molar-refractivity contribution < 1.29 is 13.2 Å². The number of nitrogens with zero attached hydrogens (tertiary/aromatic N) is 6. The Morgan fingerprint density at radius 1 is 1.09 bits per heavy atom. The molecule has 0 radical (unpaired) electrons. The minimum Gasteiger partial charge on any atom is -0.305 e. The number of aryl methyl sites for hydroxylation is 1. The van der Waals surface area contributed by atoms with Crippen LogP contribution >= 0.6 is 23.4 Å². The average molecular weight is 479 g/mol. The maximum Gasteiger partial charge on any atom is 0.417 e. The van der Waals surface area contributed by atoms with Crippen LogP contribution in [0.4, 0.5) is 13.2 Å². The highest BCUT2D eigenvalue weighted by Gasteiger charge is 2.30. The van der Waals surface area contributed by atoms with Gasteiger partial charge in [0.15, 0.2) is 16.8 Å². The van der Waals surface area contributed by atoms with Crippen molar-refractivity contribution in [3.63, 3.8) is 0 Å². The number of halogens is 4. The second-order valence-electron chi connectivity index (χ2n) is 6.78. The topological polar surface area (TPSA) is 78.5 Å². The van der Waals surface area contributed by atoms with E-state index in [2.05, 4.69) is 20.3 Å². The van der Waals surface area contributed by atoms with Crippen LogP contribution in [0.25, 0.3) is 17.2 Å². The molecule has 0 unspecified atom stereocenters. The van der Waals surface area contributed by atoms with Gasteiger partial charge in [-0.25, -0.2) is 4.98 Å². The molecule has 0 amide bonds. The highest BCUT2D eigenvalue weighted by Crippen LogP contribution is 2.32. The van der Waals surface area contributed by atoms with Crippen LogP contribution in [0.2, 0.25) is 5.02 Å². The molecule has 0 spiro atoms. The summed E-state index contributed by atoms with van der Waals surface area (Å²) in [5.41, 5.74) is 0.316. The van der Waals surface area contributed by atoms with Crippen LogP contribution < -0.4 is 5.56 Å². The second-order valence-corrected chi connectivity index (χ2v) is 8.17. The lowest BCUT2D eigenvalue weighted by atomic mass is 10.1. The van der Waals surface area contributed by atoms with Gasteiger partial charge in [-0.3, -0.25) is 4.79 Å². The Morgan fingerprint density at radius 3 is 2.53 bits per heavy atom. The highest BCUT2D eigenvalue weighted by molar-refractivity contribution is 7.99. The van der Waals surface area contributed by atoms with Crippen molar-refractivity contribution in [1.29, 1.82) is 0 Å². The molecule has 7 nitrogen and oxygen atoms in total. The van der Waals surface area contributed by atoms with Crippen molar-refractivity contribution >= 4 is 23.4 Å². The molecule has 0 bridgehead atoms. The van der Waals surface area contributed by atoms with Crippen LogP contribution in [0.3, 0.4) is 0 Å². The summed E-state index contributed by atoms with van der Waals surface area (Å²) in [4.78, 5) is 16.7. The third-order valence-corrected chi connectivity index (χ3v) is 6.04. The fraction of sp³-hybridized carbons (Fsp3) is 0.150. The number of pyridine rings is 1. The molecule has 0 aliphatic carbocycles. The lowest BCUT2D eigenvalue weighted by Crippen LogP contribution is -2.23. The van der Waals surface area contributed by atoms with Crippen LogP contribution in [0.1, 0.15) is 11.1 Å². The van der Waals surface area contributed by atoms with E-state index in [0.717, 1.165) is 39.7 Å². The first-order chi connectivity index (χ1) is 15.1. The van der Waals surface area contributed by atoms with E-state index < -0.39 is 17.3 Å². The van der Waals surface area contributed by atoms with Crippen molar-refractivity contribution in [2.75, 3.05) is 0 Å². The van der Waals surface area contributed by atoms with E-state index in [1.807, 2.05) is 31.2 Å². The van der Waals surface area contributed by atoms with Crippen LogP contribution in [-0.2, 0) is 13.2 Å². The highest BCUT2D eigenvalue weighted by atomic mass is 35.5. The Kier molecular flexibility index (Phi) is 5.78. The van der Waals surface area contributed by atoms with E-state index >= 15 is 0 Å². The van der Waals surface area contributed by atoms with E-state index in [4.69, 9.17) is 11.6 Å². The number of aromatic nitrogens is 6. The maximum atomic E-state index is 12.7. The van der Waals surface area contributed by atoms with Gasteiger partial charge < -0.3 is 4.57 Å². The summed E-state index contributed by atoms with van der Waals surface area (Å²) in [7, 11) is 1.79. The Hall–Kier alpha value is -3.18. The number of alkyl halides is 3. The number of benzene rings is 1. The summed E-state index contributed by atoms with van der Waals surface area (Å²) in [6.45, 7) is 1.97. The SMILES string of the molecule is Cc1cccc(-c2nnc(Sc3cnn(-c4ccc(C(F)(F)F)cn4)c(=O)c3Cl)n2C)c1. The predicted octanol–water partition coefficient (Wildman–Crippen LogP) is 4.55. The number of rotatable bonds is 4. The molecule has 0 N–H and O–H groups in total. The second kappa shape index (κ2) is 8.40. The lowest BCUT2D eigenvalue weighted by Gasteiger charge is -2.09. The molecule has 0 aliphatic heterocycles. The minimum absolute atomic E-state index is 0.0816. The minimum atomic E-state index is -4.53. The zero-order valence-electron chi connectivity index (χ0n) is 16.6. The summed E-state index contributed by atoms with van der Waals surface area (Å²) in [5, 5.41) is 12.7. The predicted molar refractivity (Wildman–Crippen MR) is 113 cm³/mol. The molecule has 32 heavy (non-hydrogen) atoms. The Labute approximate surface area is 188 Å². The molecule has 0 saturated heterocycles. The van der Waals surface area contributed by atoms with E-state index in [1.54, 1.807) is 11.6 Å². The summed E-state index contributed by atoms with van der Waals surface area (Å²) in [5.74, 6) is 0.560. The van der Waals surface area contributed by atoms with Crippen molar-refractivity contribution in [3.05, 3.63) is 75.3 Å².